The van der Waals surface area contributed by atoms with E-state index in [1.54, 1.807) is 19.9 Å². The second-order valence-electron chi connectivity index (χ2n) is 10.6. The fourth-order valence-electron chi connectivity index (χ4n) is 5.59. The van der Waals surface area contributed by atoms with Gasteiger partial charge in [0.25, 0.3) is 5.56 Å². The molecule has 0 spiro atoms. The number of carbonyl (C=O) groups excluding carboxylic acids is 1. The van der Waals surface area contributed by atoms with Crippen molar-refractivity contribution in [2.24, 2.45) is 0 Å². The first-order chi connectivity index (χ1) is 18.5. The molecular formula is C27H32F4N6O2. The minimum Gasteiger partial charge on any atom is -0.355 e. The molecule has 1 amide bonds. The molecule has 2 aliphatic rings. The average Bonchev–Trinajstić information content (AvgIpc) is 3.56. The van der Waals surface area contributed by atoms with Gasteiger partial charge in [0, 0.05) is 36.8 Å². The van der Waals surface area contributed by atoms with Crippen LogP contribution in [0.3, 0.4) is 0 Å². The Morgan fingerprint density at radius 1 is 1.10 bits per heavy atom. The van der Waals surface area contributed by atoms with Gasteiger partial charge in [-0.15, -0.1) is 5.10 Å². The van der Waals surface area contributed by atoms with Crippen molar-refractivity contribution in [2.45, 2.75) is 64.3 Å². The van der Waals surface area contributed by atoms with Gasteiger partial charge in [0.2, 0.25) is 5.91 Å². The zero-order valence-corrected chi connectivity index (χ0v) is 22.0. The lowest BCUT2D eigenvalue weighted by atomic mass is 10.0. The van der Waals surface area contributed by atoms with E-state index in [2.05, 4.69) is 20.2 Å². The topological polar surface area (TPSA) is 74.9 Å². The largest absolute Gasteiger partial charge is 0.419 e. The predicted molar refractivity (Wildman–Crippen MR) is 139 cm³/mol. The van der Waals surface area contributed by atoms with E-state index in [-0.39, 0.29) is 22.8 Å². The van der Waals surface area contributed by atoms with Crippen molar-refractivity contribution in [1.29, 1.82) is 0 Å². The number of anilines is 1. The summed E-state index contributed by atoms with van der Waals surface area (Å²) in [6.07, 6.45) is 0.921. The number of piperidine rings is 1. The molecule has 0 unspecified atom stereocenters. The highest BCUT2D eigenvalue weighted by Crippen LogP contribution is 2.34. The first kappa shape index (κ1) is 27.2. The molecular weight excluding hydrogens is 516 g/mol. The molecule has 0 atom stereocenters. The van der Waals surface area contributed by atoms with Crippen LogP contribution in [-0.4, -0.2) is 63.3 Å². The van der Waals surface area contributed by atoms with Gasteiger partial charge in [-0.1, -0.05) is 0 Å². The Labute approximate surface area is 223 Å². The third-order valence-corrected chi connectivity index (χ3v) is 7.49. The van der Waals surface area contributed by atoms with E-state index in [4.69, 9.17) is 0 Å². The number of rotatable bonds is 6. The first-order valence-corrected chi connectivity index (χ1v) is 13.3. The Bertz CT molecular complexity index is 1420. The third-order valence-electron chi connectivity index (χ3n) is 7.49. The summed E-state index contributed by atoms with van der Waals surface area (Å²) in [4.78, 5) is 30.9. The lowest BCUT2D eigenvalue weighted by molar-refractivity contribution is -0.140. The number of carbonyl (C=O) groups is 1. The average molecular weight is 549 g/mol. The van der Waals surface area contributed by atoms with Crippen LogP contribution in [0.5, 0.6) is 0 Å². The molecule has 3 aromatic rings. The number of hydrogen-bond donors (Lipinski definition) is 1. The molecule has 39 heavy (non-hydrogen) atoms. The van der Waals surface area contributed by atoms with Crippen LogP contribution in [0.4, 0.5) is 23.4 Å². The molecule has 0 aliphatic carbocycles. The SMILES string of the molecule is CC(C)NC(=O)Cn1c(-c2ccc(F)c(C(F)(F)F)c2)cn2nc(N3CCC(N4CCCC4)CC3)cc2c1=O. The van der Waals surface area contributed by atoms with Crippen molar-refractivity contribution in [2.75, 3.05) is 31.1 Å². The summed E-state index contributed by atoms with van der Waals surface area (Å²) in [5.74, 6) is -1.30. The molecule has 2 fully saturated rings. The Hall–Kier alpha value is -3.41. The standard InChI is InChI=1S/C27H32F4N6O2/c1-17(2)32-25(38)16-36-23(18-5-6-21(28)20(13-18)27(29,30)31)15-37-22(26(36)39)14-24(33-37)35-11-7-19(8-12-35)34-9-3-4-10-34/h5-6,13-15,17,19H,3-4,7-12,16H2,1-2H3,(H,32,38). The number of halogens is 4. The van der Waals surface area contributed by atoms with Gasteiger partial charge in [0.15, 0.2) is 5.82 Å². The molecule has 1 N–H and O–H groups in total. The summed E-state index contributed by atoms with van der Waals surface area (Å²) < 4.78 is 56.9. The van der Waals surface area contributed by atoms with E-state index in [1.807, 2.05) is 0 Å². The normalized spacial score (nSPS) is 17.5. The van der Waals surface area contributed by atoms with Crippen LogP contribution in [0.25, 0.3) is 16.8 Å². The van der Waals surface area contributed by atoms with Crippen molar-refractivity contribution in [3.8, 4) is 11.3 Å². The van der Waals surface area contributed by atoms with Gasteiger partial charge >= 0.3 is 6.18 Å². The summed E-state index contributed by atoms with van der Waals surface area (Å²) >= 11 is 0. The van der Waals surface area contributed by atoms with E-state index < -0.39 is 35.6 Å². The van der Waals surface area contributed by atoms with Gasteiger partial charge in [0.05, 0.1) is 17.5 Å². The zero-order chi connectivity index (χ0) is 27.9. The molecule has 2 aliphatic heterocycles. The fourth-order valence-corrected chi connectivity index (χ4v) is 5.59. The predicted octanol–water partition coefficient (Wildman–Crippen LogP) is 3.91. The van der Waals surface area contributed by atoms with E-state index >= 15 is 0 Å². The maximum Gasteiger partial charge on any atom is 0.419 e. The number of aromatic nitrogens is 3. The maximum atomic E-state index is 14.0. The van der Waals surface area contributed by atoms with Crippen LogP contribution in [-0.2, 0) is 17.5 Å². The quantitative estimate of drug-likeness (QED) is 0.473. The van der Waals surface area contributed by atoms with Crippen LogP contribution < -0.4 is 15.8 Å². The number of benzene rings is 1. The van der Waals surface area contributed by atoms with Gasteiger partial charge in [0.1, 0.15) is 17.9 Å². The lowest BCUT2D eigenvalue weighted by Crippen LogP contribution is -2.44. The van der Waals surface area contributed by atoms with E-state index in [1.165, 1.54) is 23.6 Å². The van der Waals surface area contributed by atoms with E-state index in [0.717, 1.165) is 49.7 Å². The third kappa shape index (κ3) is 5.66. The van der Waals surface area contributed by atoms with Crippen LogP contribution in [0.2, 0.25) is 0 Å². The molecule has 2 aromatic heterocycles. The Morgan fingerprint density at radius 2 is 1.79 bits per heavy atom. The highest BCUT2D eigenvalue weighted by atomic mass is 19.4. The number of amides is 1. The van der Waals surface area contributed by atoms with Crippen LogP contribution in [0.1, 0.15) is 45.1 Å². The molecule has 1 aromatic carbocycles. The highest BCUT2D eigenvalue weighted by Gasteiger charge is 2.35. The molecule has 210 valence electrons. The van der Waals surface area contributed by atoms with Crippen LogP contribution in [0, 0.1) is 5.82 Å². The number of nitrogens with zero attached hydrogens (tertiary/aromatic N) is 5. The van der Waals surface area contributed by atoms with Gasteiger partial charge in [-0.3, -0.25) is 14.2 Å². The monoisotopic (exact) mass is 548 g/mol. The summed E-state index contributed by atoms with van der Waals surface area (Å²) in [6, 6.07) is 4.52. The van der Waals surface area contributed by atoms with Crippen molar-refractivity contribution in [3.63, 3.8) is 0 Å². The van der Waals surface area contributed by atoms with Crippen LogP contribution in [0.15, 0.2) is 35.3 Å². The molecule has 0 saturated carbocycles. The number of hydrogen-bond acceptors (Lipinski definition) is 5. The summed E-state index contributed by atoms with van der Waals surface area (Å²) in [7, 11) is 0. The fraction of sp³-hybridized carbons (Fsp3) is 0.519. The van der Waals surface area contributed by atoms with E-state index in [0.29, 0.717) is 24.0 Å². The summed E-state index contributed by atoms with van der Waals surface area (Å²) in [5, 5.41) is 7.28. The number of fused-ring (bicyclic) bond motifs is 1. The van der Waals surface area contributed by atoms with Gasteiger partial charge < -0.3 is 15.1 Å². The van der Waals surface area contributed by atoms with Crippen molar-refractivity contribution in [3.05, 3.63) is 52.2 Å². The maximum absolute atomic E-state index is 14.0. The minimum absolute atomic E-state index is 0.0271. The second-order valence-corrected chi connectivity index (χ2v) is 10.6. The molecule has 0 radical (unpaired) electrons. The van der Waals surface area contributed by atoms with Crippen molar-refractivity contribution in [1.82, 2.24) is 24.4 Å². The molecule has 12 heteroatoms. The first-order valence-electron chi connectivity index (χ1n) is 13.3. The van der Waals surface area contributed by atoms with Gasteiger partial charge in [-0.05, 0) is 70.8 Å². The molecule has 4 heterocycles. The Morgan fingerprint density at radius 3 is 2.44 bits per heavy atom. The highest BCUT2D eigenvalue weighted by molar-refractivity contribution is 5.77. The second kappa shape index (κ2) is 10.6. The molecule has 5 rings (SSSR count). The molecule has 8 nitrogen and oxygen atoms in total. The Balaban J connectivity index is 1.53. The van der Waals surface area contributed by atoms with Crippen molar-refractivity contribution < 1.29 is 22.4 Å². The molecule has 2 saturated heterocycles. The van der Waals surface area contributed by atoms with Gasteiger partial charge in [-0.25, -0.2) is 8.91 Å². The van der Waals surface area contributed by atoms with Gasteiger partial charge in [-0.2, -0.15) is 13.2 Å². The molecule has 0 bridgehead atoms. The minimum atomic E-state index is -4.93. The van der Waals surface area contributed by atoms with Crippen molar-refractivity contribution >= 4 is 17.2 Å². The number of likely N-dealkylation sites (tertiary alicyclic amines) is 1. The van der Waals surface area contributed by atoms with E-state index in [9.17, 15) is 27.2 Å². The lowest BCUT2D eigenvalue weighted by Gasteiger charge is -2.36. The summed E-state index contributed by atoms with van der Waals surface area (Å²) in [5.41, 5.74) is -1.85. The Kier molecular flexibility index (Phi) is 7.41. The number of alkyl halides is 3. The van der Waals surface area contributed by atoms with Crippen LogP contribution >= 0.6 is 0 Å². The smallest absolute Gasteiger partial charge is 0.355 e. The number of nitrogens with one attached hydrogen (secondary N) is 1. The zero-order valence-electron chi connectivity index (χ0n) is 22.0. The summed E-state index contributed by atoms with van der Waals surface area (Å²) in [6.45, 7) is 6.91.